The highest BCUT2D eigenvalue weighted by atomic mass is 15.4. The first-order valence-electron chi connectivity index (χ1n) is 4.74. The van der Waals surface area contributed by atoms with Crippen LogP contribution in [0.4, 0.5) is 0 Å². The molecule has 0 spiro atoms. The second-order valence-corrected chi connectivity index (χ2v) is 3.71. The molecule has 13 heavy (non-hydrogen) atoms. The molecule has 3 aliphatic rings. The van der Waals surface area contributed by atoms with Crippen molar-refractivity contribution in [1.29, 1.82) is 0 Å². The largest absolute Gasteiger partial charge is 0.299 e. The summed E-state index contributed by atoms with van der Waals surface area (Å²) >= 11 is 0. The molecule has 4 heteroatoms. The molecule has 0 saturated carbocycles. The van der Waals surface area contributed by atoms with Crippen molar-refractivity contribution in [2.75, 3.05) is 32.7 Å². The van der Waals surface area contributed by atoms with E-state index in [-0.39, 0.29) is 6.04 Å². The van der Waals surface area contributed by atoms with Gasteiger partial charge in [0.1, 0.15) is 0 Å². The van der Waals surface area contributed by atoms with Gasteiger partial charge in [-0.15, -0.1) is 6.42 Å². The number of hydrogen-bond donors (Lipinski definition) is 2. The van der Waals surface area contributed by atoms with Crippen LogP contribution < -0.4 is 11.3 Å². The minimum absolute atomic E-state index is 0.0110. The lowest BCUT2D eigenvalue weighted by atomic mass is 10.0. The molecule has 2 atom stereocenters. The third kappa shape index (κ3) is 1.56. The summed E-state index contributed by atoms with van der Waals surface area (Å²) in [4.78, 5) is 4.89. The molecule has 3 heterocycles. The zero-order chi connectivity index (χ0) is 9.26. The number of nitrogens with two attached hydrogens (primary N) is 1. The van der Waals surface area contributed by atoms with Crippen LogP contribution in [0.25, 0.3) is 0 Å². The fraction of sp³-hybridized carbons (Fsp3) is 0.778. The molecule has 4 nitrogen and oxygen atoms in total. The van der Waals surface area contributed by atoms with Gasteiger partial charge in [-0.25, -0.2) is 5.43 Å². The van der Waals surface area contributed by atoms with E-state index in [9.17, 15) is 0 Å². The topological polar surface area (TPSA) is 44.5 Å². The molecule has 2 bridgehead atoms. The van der Waals surface area contributed by atoms with Gasteiger partial charge in [0.2, 0.25) is 0 Å². The van der Waals surface area contributed by atoms with E-state index in [2.05, 4.69) is 21.1 Å². The third-order valence-corrected chi connectivity index (χ3v) is 3.07. The van der Waals surface area contributed by atoms with Gasteiger partial charge in [-0.3, -0.25) is 15.6 Å². The smallest absolute Gasteiger partial charge is 0.0981 e. The van der Waals surface area contributed by atoms with E-state index >= 15 is 0 Å². The molecule has 3 rings (SSSR count). The Kier molecular flexibility index (Phi) is 2.51. The number of terminal acetylenes is 1. The second-order valence-electron chi connectivity index (χ2n) is 3.71. The lowest BCUT2D eigenvalue weighted by Gasteiger charge is -2.49. The number of piperazine rings is 3. The van der Waals surface area contributed by atoms with Crippen molar-refractivity contribution < 1.29 is 0 Å². The van der Waals surface area contributed by atoms with Gasteiger partial charge in [-0.2, -0.15) is 0 Å². The summed E-state index contributed by atoms with van der Waals surface area (Å²) in [5, 5.41) is 0. The van der Waals surface area contributed by atoms with Crippen LogP contribution in [0.3, 0.4) is 0 Å². The van der Waals surface area contributed by atoms with Crippen molar-refractivity contribution in [3.05, 3.63) is 0 Å². The molecular formula is C9H16N4. The van der Waals surface area contributed by atoms with Crippen molar-refractivity contribution in [3.63, 3.8) is 0 Å². The zero-order valence-corrected chi connectivity index (χ0v) is 7.74. The molecule has 0 aromatic heterocycles. The molecule has 0 aliphatic carbocycles. The quantitative estimate of drug-likeness (QED) is 0.307. The van der Waals surface area contributed by atoms with Crippen LogP contribution >= 0.6 is 0 Å². The lowest BCUT2D eigenvalue weighted by molar-refractivity contribution is 0.00497. The van der Waals surface area contributed by atoms with E-state index in [4.69, 9.17) is 12.3 Å². The van der Waals surface area contributed by atoms with E-state index in [0.29, 0.717) is 6.04 Å². The summed E-state index contributed by atoms with van der Waals surface area (Å²) in [5.41, 5.74) is 2.70. The molecule has 3 fully saturated rings. The molecule has 3 aliphatic heterocycles. The Bertz CT molecular complexity index is 214. The highest BCUT2D eigenvalue weighted by Crippen LogP contribution is 2.17. The van der Waals surface area contributed by atoms with Gasteiger partial charge >= 0.3 is 0 Å². The van der Waals surface area contributed by atoms with Crippen molar-refractivity contribution in [2.24, 2.45) is 5.84 Å². The predicted octanol–water partition coefficient (Wildman–Crippen LogP) is -1.55. The Hall–Kier alpha value is -0.600. The van der Waals surface area contributed by atoms with Crippen LogP contribution in [-0.2, 0) is 0 Å². The average molecular weight is 180 g/mol. The van der Waals surface area contributed by atoms with Gasteiger partial charge < -0.3 is 0 Å². The van der Waals surface area contributed by atoms with Crippen molar-refractivity contribution in [1.82, 2.24) is 15.2 Å². The van der Waals surface area contributed by atoms with Crippen molar-refractivity contribution in [3.8, 4) is 12.3 Å². The first-order chi connectivity index (χ1) is 6.35. The molecule has 0 amide bonds. The Balaban J connectivity index is 2.04. The van der Waals surface area contributed by atoms with E-state index < -0.39 is 0 Å². The SMILES string of the molecule is C#CC(NN)C1CN2CCN1CC2. The van der Waals surface area contributed by atoms with Crippen LogP contribution in [0.1, 0.15) is 0 Å². The number of rotatable bonds is 2. The summed E-state index contributed by atoms with van der Waals surface area (Å²) < 4.78 is 0. The molecule has 3 saturated heterocycles. The Morgan fingerprint density at radius 3 is 2.46 bits per heavy atom. The van der Waals surface area contributed by atoms with Crippen molar-refractivity contribution in [2.45, 2.75) is 12.1 Å². The highest BCUT2D eigenvalue weighted by molar-refractivity contribution is 5.08. The first-order valence-corrected chi connectivity index (χ1v) is 4.74. The van der Waals surface area contributed by atoms with Crippen molar-refractivity contribution >= 4 is 0 Å². The minimum Gasteiger partial charge on any atom is -0.299 e. The molecule has 3 N–H and O–H groups in total. The lowest BCUT2D eigenvalue weighted by Crippen LogP contribution is -2.66. The van der Waals surface area contributed by atoms with Crippen LogP contribution in [0.5, 0.6) is 0 Å². The molecule has 2 unspecified atom stereocenters. The Morgan fingerprint density at radius 2 is 2.08 bits per heavy atom. The van der Waals surface area contributed by atoms with Crippen LogP contribution in [-0.4, -0.2) is 54.6 Å². The van der Waals surface area contributed by atoms with Gasteiger partial charge in [0.25, 0.3) is 0 Å². The maximum absolute atomic E-state index is 5.41. The number of nitrogens with zero attached hydrogens (tertiary/aromatic N) is 2. The first kappa shape index (κ1) is 8.97. The molecule has 72 valence electrons. The number of nitrogens with one attached hydrogen (secondary N) is 1. The maximum Gasteiger partial charge on any atom is 0.0981 e. The second kappa shape index (κ2) is 3.64. The maximum atomic E-state index is 5.41. The predicted molar refractivity (Wildman–Crippen MR) is 51.7 cm³/mol. The van der Waals surface area contributed by atoms with Crippen LogP contribution in [0.2, 0.25) is 0 Å². The fourth-order valence-corrected chi connectivity index (χ4v) is 2.24. The zero-order valence-electron chi connectivity index (χ0n) is 7.74. The van der Waals surface area contributed by atoms with E-state index in [1.807, 2.05) is 0 Å². The third-order valence-electron chi connectivity index (χ3n) is 3.07. The minimum atomic E-state index is -0.0110. The monoisotopic (exact) mass is 180 g/mol. The summed E-state index contributed by atoms with van der Waals surface area (Å²) in [6.07, 6.45) is 5.41. The van der Waals surface area contributed by atoms with E-state index in [1.54, 1.807) is 0 Å². The standard InChI is InChI=1S/C9H16N4/c1-2-8(11-10)9-7-12-3-5-13(9)6-4-12/h1,8-9,11H,3-7,10H2. The summed E-state index contributed by atoms with van der Waals surface area (Å²) in [5.74, 6) is 8.11. The normalized spacial score (nSPS) is 39.8. The summed E-state index contributed by atoms with van der Waals surface area (Å²) in [7, 11) is 0. The number of hydrazine groups is 1. The molecule has 0 radical (unpaired) electrons. The summed E-state index contributed by atoms with van der Waals surface area (Å²) in [6, 6.07) is 0.389. The average Bonchev–Trinajstić information content (AvgIpc) is 2.22. The number of hydrogen-bond acceptors (Lipinski definition) is 4. The molecule has 0 aromatic rings. The van der Waals surface area contributed by atoms with E-state index in [1.165, 1.54) is 13.1 Å². The summed E-state index contributed by atoms with van der Waals surface area (Å²) in [6.45, 7) is 5.67. The fourth-order valence-electron chi connectivity index (χ4n) is 2.24. The Labute approximate surface area is 79.0 Å². The van der Waals surface area contributed by atoms with Crippen LogP contribution in [0.15, 0.2) is 0 Å². The van der Waals surface area contributed by atoms with Crippen LogP contribution in [0, 0.1) is 12.3 Å². The highest BCUT2D eigenvalue weighted by Gasteiger charge is 2.35. The molecular weight excluding hydrogens is 164 g/mol. The van der Waals surface area contributed by atoms with E-state index in [0.717, 1.165) is 19.6 Å². The van der Waals surface area contributed by atoms with Gasteiger partial charge in [0, 0.05) is 32.7 Å². The molecule has 0 aromatic carbocycles. The Morgan fingerprint density at radius 1 is 1.38 bits per heavy atom. The number of fused-ring (bicyclic) bond motifs is 3. The van der Waals surface area contributed by atoms with Gasteiger partial charge in [-0.05, 0) is 0 Å². The van der Waals surface area contributed by atoms with Gasteiger partial charge in [-0.1, -0.05) is 5.92 Å². The van der Waals surface area contributed by atoms with Gasteiger partial charge in [0.05, 0.1) is 12.1 Å². The van der Waals surface area contributed by atoms with Gasteiger partial charge in [0.15, 0.2) is 0 Å².